The molecule has 38 heavy (non-hydrogen) atoms. The van der Waals surface area contributed by atoms with E-state index < -0.39 is 17.9 Å². The standard InChI is InChI=1S/C31H46O7/c1-2-3-4-11-20-32-24-14-12-23(13-15-24)21-33-27-26(25-22-34-30(36-25)16-7-5-8-17-30)35-29-28(27)37-31(38-29)18-9-6-10-19-31/h12-15,25-29H,2-11,16-22H2,1H3/t25-,26-,27+,28-,29-/m1/s1. The van der Waals surface area contributed by atoms with Gasteiger partial charge in [0.1, 0.15) is 30.2 Å². The molecule has 0 N–H and O–H groups in total. The Morgan fingerprint density at radius 1 is 0.789 bits per heavy atom. The lowest BCUT2D eigenvalue weighted by Gasteiger charge is -2.35. The topological polar surface area (TPSA) is 64.6 Å². The number of ether oxygens (including phenoxy) is 7. The van der Waals surface area contributed by atoms with Gasteiger partial charge in [-0.2, -0.15) is 0 Å². The highest BCUT2D eigenvalue weighted by Crippen LogP contribution is 2.48. The maximum absolute atomic E-state index is 6.64. The van der Waals surface area contributed by atoms with Crippen molar-refractivity contribution in [2.45, 2.75) is 146 Å². The molecule has 1 aromatic carbocycles. The molecule has 5 fully saturated rings. The summed E-state index contributed by atoms with van der Waals surface area (Å²) in [6, 6.07) is 8.25. The van der Waals surface area contributed by atoms with Gasteiger partial charge in [0.2, 0.25) is 0 Å². The summed E-state index contributed by atoms with van der Waals surface area (Å²) in [4.78, 5) is 0. The van der Waals surface area contributed by atoms with Crippen LogP contribution in [0.4, 0.5) is 0 Å². The highest BCUT2D eigenvalue weighted by atomic mass is 16.9. The minimum atomic E-state index is -0.520. The van der Waals surface area contributed by atoms with E-state index in [0.717, 1.165) is 75.7 Å². The van der Waals surface area contributed by atoms with Gasteiger partial charge in [0.25, 0.3) is 0 Å². The second-order valence-corrected chi connectivity index (χ2v) is 11.9. The third-order valence-corrected chi connectivity index (χ3v) is 9.00. The lowest BCUT2D eigenvalue weighted by Crippen LogP contribution is -2.45. The van der Waals surface area contributed by atoms with Crippen LogP contribution in [-0.2, 0) is 35.0 Å². The molecule has 6 rings (SSSR count). The van der Waals surface area contributed by atoms with Crippen LogP contribution in [0, 0.1) is 0 Å². The Hall–Kier alpha value is -1.22. The van der Waals surface area contributed by atoms with Crippen molar-refractivity contribution in [3.63, 3.8) is 0 Å². The summed E-state index contributed by atoms with van der Waals surface area (Å²) in [6.45, 7) is 3.99. The van der Waals surface area contributed by atoms with Crippen LogP contribution in [0.2, 0.25) is 0 Å². The molecule has 212 valence electrons. The van der Waals surface area contributed by atoms with E-state index >= 15 is 0 Å². The molecule has 0 unspecified atom stereocenters. The van der Waals surface area contributed by atoms with E-state index in [2.05, 4.69) is 19.1 Å². The SMILES string of the molecule is CCCCCCOc1ccc(CO[C@@H]2[C@H]3OC4(CCCCC4)O[C@H]3O[C@@H]2[C@H]2COC3(CCCCC3)O2)cc1. The van der Waals surface area contributed by atoms with Crippen molar-refractivity contribution in [2.24, 2.45) is 0 Å². The van der Waals surface area contributed by atoms with E-state index in [-0.39, 0.29) is 24.4 Å². The van der Waals surface area contributed by atoms with Gasteiger partial charge in [0.05, 0.1) is 19.8 Å². The van der Waals surface area contributed by atoms with Crippen LogP contribution < -0.4 is 4.74 Å². The lowest BCUT2D eigenvalue weighted by atomic mass is 9.94. The molecule has 5 atom stereocenters. The maximum atomic E-state index is 6.64. The molecule has 3 saturated heterocycles. The quantitative estimate of drug-likeness (QED) is 0.324. The number of hydrogen-bond acceptors (Lipinski definition) is 7. The summed E-state index contributed by atoms with van der Waals surface area (Å²) in [5.74, 6) is -0.0605. The molecule has 3 heterocycles. The molecule has 5 aliphatic rings. The monoisotopic (exact) mass is 530 g/mol. The molecule has 3 aliphatic heterocycles. The normalized spacial score (nSPS) is 33.7. The van der Waals surface area contributed by atoms with E-state index in [1.807, 2.05) is 12.1 Å². The van der Waals surface area contributed by atoms with E-state index in [1.165, 1.54) is 32.1 Å². The van der Waals surface area contributed by atoms with Gasteiger partial charge in [-0.05, 0) is 49.8 Å². The Kier molecular flexibility index (Phi) is 8.60. The van der Waals surface area contributed by atoms with Crippen LogP contribution in [0.25, 0.3) is 0 Å². The molecule has 2 spiro atoms. The Balaban J connectivity index is 1.09. The van der Waals surface area contributed by atoms with Gasteiger partial charge >= 0.3 is 0 Å². The molecule has 0 bridgehead atoms. The second kappa shape index (κ2) is 12.1. The summed E-state index contributed by atoms with van der Waals surface area (Å²) in [7, 11) is 0. The zero-order valence-corrected chi connectivity index (χ0v) is 23.1. The molecule has 7 nitrogen and oxygen atoms in total. The number of unbranched alkanes of at least 4 members (excludes halogenated alkanes) is 3. The van der Waals surface area contributed by atoms with Crippen molar-refractivity contribution in [2.75, 3.05) is 13.2 Å². The predicted molar refractivity (Wildman–Crippen MR) is 142 cm³/mol. The third kappa shape index (κ3) is 5.93. The van der Waals surface area contributed by atoms with Crippen LogP contribution in [0.5, 0.6) is 5.75 Å². The molecular weight excluding hydrogens is 484 g/mol. The molecule has 0 radical (unpaired) electrons. The highest BCUT2D eigenvalue weighted by Gasteiger charge is 2.61. The number of benzene rings is 1. The van der Waals surface area contributed by atoms with Crippen LogP contribution in [0.15, 0.2) is 24.3 Å². The van der Waals surface area contributed by atoms with Crippen LogP contribution in [0.1, 0.15) is 102 Å². The largest absolute Gasteiger partial charge is 0.494 e. The average molecular weight is 531 g/mol. The molecule has 0 aromatic heterocycles. The predicted octanol–water partition coefficient (Wildman–Crippen LogP) is 6.41. The Bertz CT molecular complexity index is 877. The van der Waals surface area contributed by atoms with Gasteiger partial charge in [-0.3, -0.25) is 0 Å². The summed E-state index contributed by atoms with van der Waals surface area (Å²) >= 11 is 0. The fourth-order valence-electron chi connectivity index (χ4n) is 6.86. The molecule has 2 aliphatic carbocycles. The van der Waals surface area contributed by atoms with Gasteiger partial charge < -0.3 is 33.2 Å². The first-order valence-corrected chi connectivity index (χ1v) is 15.3. The van der Waals surface area contributed by atoms with Gasteiger partial charge in [0.15, 0.2) is 17.9 Å². The summed E-state index contributed by atoms with van der Waals surface area (Å²) in [6.07, 6.45) is 14.2. The minimum absolute atomic E-state index is 0.179. The lowest BCUT2D eigenvalue weighted by molar-refractivity contribution is -0.263. The highest BCUT2D eigenvalue weighted by molar-refractivity contribution is 5.27. The Morgan fingerprint density at radius 3 is 2.26 bits per heavy atom. The van der Waals surface area contributed by atoms with Crippen molar-refractivity contribution in [3.05, 3.63) is 29.8 Å². The first-order valence-electron chi connectivity index (χ1n) is 15.3. The average Bonchev–Trinajstić information content (AvgIpc) is 3.60. The molecular formula is C31H46O7. The van der Waals surface area contributed by atoms with E-state index in [9.17, 15) is 0 Å². The van der Waals surface area contributed by atoms with Crippen LogP contribution in [0.3, 0.4) is 0 Å². The zero-order chi connectivity index (χ0) is 25.8. The molecule has 1 aromatic rings. The summed E-state index contributed by atoms with van der Waals surface area (Å²) in [5.41, 5.74) is 1.10. The van der Waals surface area contributed by atoms with Crippen LogP contribution >= 0.6 is 0 Å². The van der Waals surface area contributed by atoms with Crippen LogP contribution in [-0.4, -0.2) is 55.5 Å². The van der Waals surface area contributed by atoms with Crippen molar-refractivity contribution in [3.8, 4) is 5.75 Å². The van der Waals surface area contributed by atoms with E-state index in [4.69, 9.17) is 33.2 Å². The smallest absolute Gasteiger partial charge is 0.190 e. The number of rotatable bonds is 10. The van der Waals surface area contributed by atoms with Crippen molar-refractivity contribution >= 4 is 0 Å². The molecule has 7 heteroatoms. The fourth-order valence-corrected chi connectivity index (χ4v) is 6.86. The Labute approximate surface area is 227 Å². The van der Waals surface area contributed by atoms with Crippen molar-refractivity contribution < 1.29 is 33.2 Å². The summed E-state index contributed by atoms with van der Waals surface area (Å²) < 4.78 is 45.0. The minimum Gasteiger partial charge on any atom is -0.494 e. The molecule has 0 amide bonds. The summed E-state index contributed by atoms with van der Waals surface area (Å²) in [5, 5.41) is 0. The molecule has 2 saturated carbocycles. The first-order chi connectivity index (χ1) is 18.7. The van der Waals surface area contributed by atoms with Gasteiger partial charge in [-0.1, -0.05) is 51.2 Å². The Morgan fingerprint density at radius 2 is 1.53 bits per heavy atom. The third-order valence-electron chi connectivity index (χ3n) is 9.00. The van der Waals surface area contributed by atoms with Crippen molar-refractivity contribution in [1.29, 1.82) is 0 Å². The maximum Gasteiger partial charge on any atom is 0.190 e. The zero-order valence-electron chi connectivity index (χ0n) is 23.1. The van der Waals surface area contributed by atoms with Gasteiger partial charge in [-0.25, -0.2) is 0 Å². The van der Waals surface area contributed by atoms with Gasteiger partial charge in [0, 0.05) is 25.7 Å². The van der Waals surface area contributed by atoms with E-state index in [0.29, 0.717) is 13.2 Å². The number of fused-ring (bicyclic) bond motifs is 1. The number of hydrogen-bond donors (Lipinski definition) is 0. The fraction of sp³-hybridized carbons (Fsp3) is 0.806. The first kappa shape index (κ1) is 27.0. The second-order valence-electron chi connectivity index (χ2n) is 11.9. The van der Waals surface area contributed by atoms with Gasteiger partial charge in [-0.15, -0.1) is 0 Å². The van der Waals surface area contributed by atoms with E-state index in [1.54, 1.807) is 0 Å². The van der Waals surface area contributed by atoms with Crippen molar-refractivity contribution in [1.82, 2.24) is 0 Å².